The van der Waals surface area contributed by atoms with Crippen molar-refractivity contribution in [3.63, 3.8) is 0 Å². The van der Waals surface area contributed by atoms with Crippen LogP contribution in [0.4, 0.5) is 0 Å². The lowest BCUT2D eigenvalue weighted by Crippen LogP contribution is -2.33. The number of hydrogen-bond donors (Lipinski definition) is 1. The zero-order valence-corrected chi connectivity index (χ0v) is 14.8. The topological polar surface area (TPSA) is 59.0 Å². The fraction of sp³-hybridized carbons (Fsp3) is 0.471. The summed E-state index contributed by atoms with van der Waals surface area (Å²) in [6, 6.07) is 3.58. The van der Waals surface area contributed by atoms with Crippen molar-refractivity contribution < 1.29 is 19.4 Å². The van der Waals surface area contributed by atoms with Crippen LogP contribution in [0.25, 0.3) is 6.08 Å². The molecule has 1 aromatic rings. The Morgan fingerprint density at radius 2 is 2.09 bits per heavy atom. The monoisotopic (exact) mass is 383 g/mol. The summed E-state index contributed by atoms with van der Waals surface area (Å²) >= 11 is 3.47. The van der Waals surface area contributed by atoms with E-state index in [-0.39, 0.29) is 0 Å². The summed E-state index contributed by atoms with van der Waals surface area (Å²) in [5.41, 5.74) is 0.736. The van der Waals surface area contributed by atoms with Gasteiger partial charge in [0.25, 0.3) is 0 Å². The first-order valence-electron chi connectivity index (χ1n) is 7.74. The van der Waals surface area contributed by atoms with Gasteiger partial charge in [-0.1, -0.05) is 6.42 Å². The first kappa shape index (κ1) is 17.8. The number of piperidine rings is 1. The van der Waals surface area contributed by atoms with Gasteiger partial charge in [0.1, 0.15) is 6.61 Å². The maximum absolute atomic E-state index is 10.6. The average molecular weight is 384 g/mol. The number of ether oxygens (including phenoxy) is 2. The van der Waals surface area contributed by atoms with E-state index in [2.05, 4.69) is 20.8 Å². The second-order valence-electron chi connectivity index (χ2n) is 5.46. The van der Waals surface area contributed by atoms with Gasteiger partial charge in [-0.2, -0.15) is 0 Å². The SMILES string of the molecule is COc1cc(/C=C/C(=O)O)cc(Br)c1OCCN1CCCCC1. The second kappa shape index (κ2) is 8.93. The standard InChI is InChI=1S/C17H22BrNO4/c1-22-15-12-13(5-6-16(20)21)11-14(18)17(15)23-10-9-19-7-3-2-4-8-19/h5-6,11-12H,2-4,7-10H2,1H3,(H,20,21)/b6-5+. The highest BCUT2D eigenvalue weighted by molar-refractivity contribution is 9.10. The normalized spacial score (nSPS) is 15.7. The van der Waals surface area contributed by atoms with E-state index >= 15 is 0 Å². The van der Waals surface area contributed by atoms with Crippen molar-refractivity contribution in [2.75, 3.05) is 33.4 Å². The van der Waals surface area contributed by atoms with E-state index in [0.29, 0.717) is 18.1 Å². The maximum atomic E-state index is 10.6. The van der Waals surface area contributed by atoms with Crippen molar-refractivity contribution in [1.82, 2.24) is 4.90 Å². The van der Waals surface area contributed by atoms with E-state index in [1.807, 2.05) is 6.07 Å². The fourth-order valence-electron chi connectivity index (χ4n) is 2.60. The smallest absolute Gasteiger partial charge is 0.328 e. The third-order valence-corrected chi connectivity index (χ3v) is 4.36. The van der Waals surface area contributed by atoms with Crippen molar-refractivity contribution in [2.45, 2.75) is 19.3 Å². The Morgan fingerprint density at radius 3 is 2.74 bits per heavy atom. The fourth-order valence-corrected chi connectivity index (χ4v) is 3.18. The Kier molecular flexibility index (Phi) is 6.92. The molecule has 6 heteroatoms. The van der Waals surface area contributed by atoms with Gasteiger partial charge in [0, 0.05) is 12.6 Å². The van der Waals surface area contributed by atoms with Crippen LogP contribution in [0.1, 0.15) is 24.8 Å². The second-order valence-corrected chi connectivity index (χ2v) is 6.31. The van der Waals surface area contributed by atoms with E-state index in [4.69, 9.17) is 14.6 Å². The summed E-state index contributed by atoms with van der Waals surface area (Å²) in [6.45, 7) is 3.77. The molecule has 0 aliphatic carbocycles. The van der Waals surface area contributed by atoms with Gasteiger partial charge in [-0.15, -0.1) is 0 Å². The van der Waals surface area contributed by atoms with E-state index < -0.39 is 5.97 Å². The molecule has 1 N–H and O–H groups in total. The molecule has 5 nitrogen and oxygen atoms in total. The van der Waals surface area contributed by atoms with Crippen molar-refractivity contribution in [3.8, 4) is 11.5 Å². The first-order valence-corrected chi connectivity index (χ1v) is 8.53. The minimum atomic E-state index is -0.984. The lowest BCUT2D eigenvalue weighted by atomic mass is 10.1. The molecular formula is C17H22BrNO4. The van der Waals surface area contributed by atoms with Gasteiger partial charge >= 0.3 is 5.97 Å². The van der Waals surface area contributed by atoms with Crippen LogP contribution in [0.15, 0.2) is 22.7 Å². The highest BCUT2D eigenvalue weighted by Gasteiger charge is 2.13. The third kappa shape index (κ3) is 5.55. The molecule has 23 heavy (non-hydrogen) atoms. The van der Waals surface area contributed by atoms with Gasteiger partial charge in [0.05, 0.1) is 11.6 Å². The molecule has 1 aliphatic rings. The van der Waals surface area contributed by atoms with Crippen molar-refractivity contribution in [1.29, 1.82) is 0 Å². The van der Waals surface area contributed by atoms with Crippen LogP contribution in [-0.2, 0) is 4.79 Å². The van der Waals surface area contributed by atoms with E-state index in [9.17, 15) is 4.79 Å². The molecule has 0 atom stereocenters. The van der Waals surface area contributed by atoms with Gasteiger partial charge in [-0.3, -0.25) is 4.90 Å². The molecule has 1 heterocycles. The molecular weight excluding hydrogens is 362 g/mol. The number of likely N-dealkylation sites (tertiary alicyclic amines) is 1. The minimum absolute atomic E-state index is 0.586. The van der Waals surface area contributed by atoms with Crippen molar-refractivity contribution in [2.24, 2.45) is 0 Å². The van der Waals surface area contributed by atoms with E-state index in [1.165, 1.54) is 25.3 Å². The van der Waals surface area contributed by atoms with Crippen LogP contribution < -0.4 is 9.47 Å². The van der Waals surface area contributed by atoms with Crippen molar-refractivity contribution in [3.05, 3.63) is 28.2 Å². The van der Waals surface area contributed by atoms with Gasteiger partial charge in [-0.05, 0) is 65.6 Å². The minimum Gasteiger partial charge on any atom is -0.493 e. The van der Waals surface area contributed by atoms with Gasteiger partial charge in [0.2, 0.25) is 0 Å². The largest absolute Gasteiger partial charge is 0.493 e. The number of carbonyl (C=O) groups is 1. The molecule has 2 rings (SSSR count). The summed E-state index contributed by atoms with van der Waals surface area (Å²) in [4.78, 5) is 13.0. The van der Waals surface area contributed by atoms with Crippen molar-refractivity contribution >= 4 is 28.0 Å². The summed E-state index contributed by atoms with van der Waals surface area (Å²) in [5.74, 6) is 0.252. The lowest BCUT2D eigenvalue weighted by Gasteiger charge is -2.26. The number of rotatable bonds is 7. The zero-order valence-electron chi connectivity index (χ0n) is 13.3. The molecule has 0 spiro atoms. The highest BCUT2D eigenvalue weighted by atomic mass is 79.9. The molecule has 1 aromatic carbocycles. The molecule has 1 fully saturated rings. The predicted molar refractivity (Wildman–Crippen MR) is 93.1 cm³/mol. The van der Waals surface area contributed by atoms with Crippen LogP contribution in [0.2, 0.25) is 0 Å². The van der Waals surface area contributed by atoms with Gasteiger partial charge in [0.15, 0.2) is 11.5 Å². The average Bonchev–Trinajstić information content (AvgIpc) is 2.55. The number of hydrogen-bond acceptors (Lipinski definition) is 4. The zero-order chi connectivity index (χ0) is 16.7. The molecule has 0 aromatic heterocycles. The molecule has 1 aliphatic heterocycles. The number of nitrogens with zero attached hydrogens (tertiary/aromatic N) is 1. The lowest BCUT2D eigenvalue weighted by molar-refractivity contribution is -0.131. The first-order chi connectivity index (χ1) is 11.1. The highest BCUT2D eigenvalue weighted by Crippen LogP contribution is 2.37. The Labute approximate surface area is 145 Å². The molecule has 126 valence electrons. The van der Waals surface area contributed by atoms with Crippen LogP contribution in [0.3, 0.4) is 0 Å². The number of aliphatic carboxylic acids is 1. The van der Waals surface area contributed by atoms with Crippen LogP contribution >= 0.6 is 15.9 Å². The van der Waals surface area contributed by atoms with Gasteiger partial charge < -0.3 is 14.6 Å². The van der Waals surface area contributed by atoms with E-state index in [1.54, 1.807) is 13.2 Å². The number of halogens is 1. The summed E-state index contributed by atoms with van der Waals surface area (Å²) < 4.78 is 12.0. The summed E-state index contributed by atoms with van der Waals surface area (Å²) in [7, 11) is 1.57. The molecule has 0 amide bonds. The quantitative estimate of drug-likeness (QED) is 0.730. The Hall–Kier alpha value is -1.53. The van der Waals surface area contributed by atoms with Crippen LogP contribution in [0.5, 0.6) is 11.5 Å². The Morgan fingerprint density at radius 1 is 1.35 bits per heavy atom. The molecule has 0 bridgehead atoms. The molecule has 0 radical (unpaired) electrons. The number of carboxylic acids is 1. The number of carboxylic acid groups (broad SMARTS) is 1. The summed E-state index contributed by atoms with van der Waals surface area (Å²) in [6.07, 6.45) is 6.46. The molecule has 0 saturated carbocycles. The predicted octanol–water partition coefficient (Wildman–Crippen LogP) is 3.42. The Balaban J connectivity index is 2.01. The van der Waals surface area contributed by atoms with Crippen LogP contribution in [0, 0.1) is 0 Å². The van der Waals surface area contributed by atoms with Crippen LogP contribution in [-0.4, -0.2) is 49.3 Å². The third-order valence-electron chi connectivity index (χ3n) is 3.77. The molecule has 0 unspecified atom stereocenters. The summed E-state index contributed by atoms with van der Waals surface area (Å²) in [5, 5.41) is 8.71. The van der Waals surface area contributed by atoms with E-state index in [0.717, 1.165) is 35.7 Å². The molecule has 1 saturated heterocycles. The number of methoxy groups -OCH3 is 1. The maximum Gasteiger partial charge on any atom is 0.328 e. The Bertz CT molecular complexity index is 568. The number of benzene rings is 1. The van der Waals surface area contributed by atoms with Gasteiger partial charge in [-0.25, -0.2) is 4.79 Å².